The predicted molar refractivity (Wildman–Crippen MR) is 121 cm³/mol. The van der Waals surface area contributed by atoms with E-state index in [9.17, 15) is 0 Å². The standard InChI is InChI=1S/C19H28N4O2S.HI/c1-19(2,3)25-15-7-9-23(10-8-15)18(20-4)21-12-14-13-24-17(22-14)16-6-5-11-26-16;/h5-6,11,13,15H,7-10,12H2,1-4H3,(H,20,21);1H. The van der Waals surface area contributed by atoms with Crippen molar-refractivity contribution in [3.05, 3.63) is 29.5 Å². The van der Waals surface area contributed by atoms with Crippen LogP contribution in [-0.4, -0.2) is 47.7 Å². The fourth-order valence-corrected chi connectivity index (χ4v) is 3.74. The lowest BCUT2D eigenvalue weighted by Gasteiger charge is -2.36. The molecular formula is C19H29IN4O2S. The Labute approximate surface area is 182 Å². The van der Waals surface area contributed by atoms with E-state index in [0.29, 0.717) is 18.5 Å². The molecule has 2 aromatic heterocycles. The number of aromatic nitrogens is 1. The van der Waals surface area contributed by atoms with Crippen molar-refractivity contribution in [3.63, 3.8) is 0 Å². The molecule has 27 heavy (non-hydrogen) atoms. The molecule has 0 aliphatic carbocycles. The van der Waals surface area contributed by atoms with Crippen molar-refractivity contribution in [1.29, 1.82) is 0 Å². The molecule has 150 valence electrons. The number of hydrogen-bond acceptors (Lipinski definition) is 5. The third-order valence-electron chi connectivity index (χ3n) is 4.18. The highest BCUT2D eigenvalue weighted by Crippen LogP contribution is 2.24. The van der Waals surface area contributed by atoms with Crippen LogP contribution < -0.4 is 5.32 Å². The van der Waals surface area contributed by atoms with E-state index in [1.807, 2.05) is 24.6 Å². The molecule has 0 unspecified atom stereocenters. The Morgan fingerprint density at radius 2 is 2.15 bits per heavy atom. The van der Waals surface area contributed by atoms with Crippen molar-refractivity contribution >= 4 is 41.3 Å². The highest BCUT2D eigenvalue weighted by atomic mass is 127. The molecular weight excluding hydrogens is 475 g/mol. The third kappa shape index (κ3) is 6.46. The summed E-state index contributed by atoms with van der Waals surface area (Å²) in [6, 6.07) is 4.01. The molecule has 0 bridgehead atoms. The van der Waals surface area contributed by atoms with Crippen LogP contribution in [-0.2, 0) is 11.3 Å². The molecule has 0 spiro atoms. The van der Waals surface area contributed by atoms with Gasteiger partial charge in [0.05, 0.1) is 28.8 Å². The number of oxazole rings is 1. The van der Waals surface area contributed by atoms with E-state index in [-0.39, 0.29) is 29.6 Å². The molecule has 2 aromatic rings. The maximum atomic E-state index is 6.10. The zero-order valence-electron chi connectivity index (χ0n) is 16.4. The molecule has 1 fully saturated rings. The first-order valence-electron chi connectivity index (χ1n) is 9.06. The molecule has 1 aliphatic heterocycles. The highest BCUT2D eigenvalue weighted by molar-refractivity contribution is 14.0. The first kappa shape index (κ1) is 22.2. The lowest BCUT2D eigenvalue weighted by atomic mass is 10.1. The number of ether oxygens (including phenoxy) is 1. The van der Waals surface area contributed by atoms with E-state index >= 15 is 0 Å². The van der Waals surface area contributed by atoms with Gasteiger partial charge in [-0.3, -0.25) is 4.99 Å². The quantitative estimate of drug-likeness (QED) is 0.381. The molecule has 0 radical (unpaired) electrons. The molecule has 1 N–H and O–H groups in total. The van der Waals surface area contributed by atoms with Gasteiger partial charge >= 0.3 is 0 Å². The van der Waals surface area contributed by atoms with Crippen molar-refractivity contribution in [3.8, 4) is 10.8 Å². The summed E-state index contributed by atoms with van der Waals surface area (Å²) < 4.78 is 11.7. The second kappa shape index (κ2) is 9.88. The van der Waals surface area contributed by atoms with Crippen LogP contribution in [0.25, 0.3) is 10.8 Å². The predicted octanol–water partition coefficient (Wildman–Crippen LogP) is 4.38. The molecule has 3 rings (SSSR count). The summed E-state index contributed by atoms with van der Waals surface area (Å²) in [6.45, 7) is 8.83. The van der Waals surface area contributed by atoms with Gasteiger partial charge in [-0.25, -0.2) is 4.98 Å². The third-order valence-corrected chi connectivity index (χ3v) is 5.04. The Balaban J connectivity index is 0.00000261. The number of piperidine rings is 1. The smallest absolute Gasteiger partial charge is 0.236 e. The zero-order chi connectivity index (χ0) is 18.6. The molecule has 1 aliphatic rings. The summed E-state index contributed by atoms with van der Waals surface area (Å²) in [7, 11) is 1.82. The van der Waals surface area contributed by atoms with Gasteiger partial charge in [0.1, 0.15) is 6.26 Å². The molecule has 0 amide bonds. The van der Waals surface area contributed by atoms with E-state index in [0.717, 1.165) is 42.5 Å². The molecule has 1 saturated heterocycles. The molecule has 0 saturated carbocycles. The maximum Gasteiger partial charge on any atom is 0.236 e. The molecule has 0 atom stereocenters. The Kier molecular flexibility index (Phi) is 8.11. The average Bonchev–Trinajstić information content (AvgIpc) is 3.26. The Bertz CT molecular complexity index is 716. The molecule has 8 heteroatoms. The van der Waals surface area contributed by atoms with Crippen molar-refractivity contribution in [1.82, 2.24) is 15.2 Å². The first-order valence-corrected chi connectivity index (χ1v) is 9.94. The van der Waals surface area contributed by atoms with Gasteiger partial charge < -0.3 is 19.4 Å². The highest BCUT2D eigenvalue weighted by Gasteiger charge is 2.25. The van der Waals surface area contributed by atoms with Crippen LogP contribution in [0.1, 0.15) is 39.3 Å². The summed E-state index contributed by atoms with van der Waals surface area (Å²) in [5.74, 6) is 1.58. The number of thiophene rings is 1. The van der Waals surface area contributed by atoms with Crippen LogP contribution >= 0.6 is 35.3 Å². The second-order valence-electron chi connectivity index (χ2n) is 7.44. The minimum absolute atomic E-state index is 0. The van der Waals surface area contributed by atoms with Gasteiger partial charge in [0.15, 0.2) is 5.96 Å². The Morgan fingerprint density at radius 3 is 2.74 bits per heavy atom. The fraction of sp³-hybridized carbons (Fsp3) is 0.579. The Morgan fingerprint density at radius 1 is 1.41 bits per heavy atom. The number of aliphatic imine (C=N–C) groups is 1. The van der Waals surface area contributed by atoms with Gasteiger partial charge in [-0.15, -0.1) is 35.3 Å². The van der Waals surface area contributed by atoms with Gasteiger partial charge in [-0.2, -0.15) is 0 Å². The number of nitrogens with one attached hydrogen (secondary N) is 1. The number of nitrogens with zero attached hydrogens (tertiary/aromatic N) is 3. The largest absolute Gasteiger partial charge is 0.443 e. The van der Waals surface area contributed by atoms with Gasteiger partial charge in [-0.05, 0) is 45.1 Å². The van der Waals surface area contributed by atoms with Crippen molar-refractivity contribution in [2.75, 3.05) is 20.1 Å². The van der Waals surface area contributed by atoms with Gasteiger partial charge in [-0.1, -0.05) is 6.07 Å². The van der Waals surface area contributed by atoms with Gasteiger partial charge in [0.2, 0.25) is 5.89 Å². The summed E-state index contributed by atoms with van der Waals surface area (Å²) in [6.07, 6.45) is 4.07. The minimum atomic E-state index is -0.0833. The first-order chi connectivity index (χ1) is 12.4. The fourth-order valence-electron chi connectivity index (χ4n) is 3.09. The summed E-state index contributed by atoms with van der Waals surface area (Å²) >= 11 is 1.62. The van der Waals surface area contributed by atoms with E-state index in [4.69, 9.17) is 9.15 Å². The van der Waals surface area contributed by atoms with Crippen molar-refractivity contribution in [2.45, 2.75) is 51.9 Å². The number of guanidine groups is 1. The van der Waals surface area contributed by atoms with Gasteiger partial charge in [0, 0.05) is 20.1 Å². The number of hydrogen-bond donors (Lipinski definition) is 1. The monoisotopic (exact) mass is 504 g/mol. The van der Waals surface area contributed by atoms with E-state index in [2.05, 4.69) is 41.0 Å². The van der Waals surface area contributed by atoms with Crippen molar-refractivity contribution < 1.29 is 9.15 Å². The van der Waals surface area contributed by atoms with E-state index in [1.54, 1.807) is 17.6 Å². The number of halogens is 1. The summed E-state index contributed by atoms with van der Waals surface area (Å²) in [5.41, 5.74) is 0.792. The van der Waals surface area contributed by atoms with Crippen LogP contribution in [0.15, 0.2) is 33.2 Å². The van der Waals surface area contributed by atoms with Crippen LogP contribution in [0.4, 0.5) is 0 Å². The molecule has 0 aromatic carbocycles. The lowest BCUT2D eigenvalue weighted by molar-refractivity contribution is -0.0772. The zero-order valence-corrected chi connectivity index (χ0v) is 19.5. The molecule has 3 heterocycles. The van der Waals surface area contributed by atoms with Gasteiger partial charge in [0.25, 0.3) is 0 Å². The number of likely N-dealkylation sites (tertiary alicyclic amines) is 1. The Hall–Kier alpha value is -1.13. The molecule has 6 nitrogen and oxygen atoms in total. The lowest BCUT2D eigenvalue weighted by Crippen LogP contribution is -2.47. The average molecular weight is 504 g/mol. The van der Waals surface area contributed by atoms with Crippen LogP contribution in [0.5, 0.6) is 0 Å². The van der Waals surface area contributed by atoms with E-state index < -0.39 is 0 Å². The summed E-state index contributed by atoms with van der Waals surface area (Å²) in [5, 5.41) is 5.41. The second-order valence-corrected chi connectivity index (χ2v) is 8.39. The van der Waals surface area contributed by atoms with E-state index in [1.165, 1.54) is 0 Å². The van der Waals surface area contributed by atoms with Crippen LogP contribution in [0.3, 0.4) is 0 Å². The summed E-state index contributed by atoms with van der Waals surface area (Å²) in [4.78, 5) is 12.3. The normalized spacial score (nSPS) is 16.3. The number of rotatable bonds is 4. The maximum absolute atomic E-state index is 6.10. The van der Waals surface area contributed by atoms with Crippen molar-refractivity contribution in [2.24, 2.45) is 4.99 Å². The minimum Gasteiger partial charge on any atom is -0.443 e. The SMILES string of the molecule is CN=C(NCc1coc(-c2cccs2)n1)N1CCC(OC(C)(C)C)CC1.I. The van der Waals surface area contributed by atoms with Crippen LogP contribution in [0.2, 0.25) is 0 Å². The topological polar surface area (TPSA) is 62.9 Å². The van der Waals surface area contributed by atoms with Crippen LogP contribution in [0, 0.1) is 0 Å².